The van der Waals surface area contributed by atoms with Crippen LogP contribution < -0.4 is 0 Å². The van der Waals surface area contributed by atoms with Gasteiger partial charge in [0.2, 0.25) is 0 Å². The normalized spacial score (nSPS) is 14.9. The van der Waals surface area contributed by atoms with E-state index in [4.69, 9.17) is 4.42 Å². The van der Waals surface area contributed by atoms with Gasteiger partial charge in [0.15, 0.2) is 5.76 Å². The molecule has 150 valence electrons. The lowest BCUT2D eigenvalue weighted by molar-refractivity contribution is 0.0658. The van der Waals surface area contributed by atoms with Crippen molar-refractivity contribution in [2.75, 3.05) is 13.1 Å². The van der Waals surface area contributed by atoms with Crippen LogP contribution in [0.2, 0.25) is 0 Å². The highest BCUT2D eigenvalue weighted by Crippen LogP contribution is 2.27. The number of hydrogen-bond acceptors (Lipinski definition) is 4. The standard InChI is InChI=1S/C21H20FN3O4/c1-13-17(21(27)28)12-23-25(13)16-8-10-24(11-9-16)20(26)19-7-6-18(29-19)14-2-4-15(22)5-3-14/h2-7,12,16H,8-11H2,1H3,(H,27,28). The molecule has 0 spiro atoms. The Morgan fingerprint density at radius 3 is 2.45 bits per heavy atom. The van der Waals surface area contributed by atoms with E-state index in [1.807, 2.05) is 0 Å². The zero-order valence-electron chi connectivity index (χ0n) is 15.8. The summed E-state index contributed by atoms with van der Waals surface area (Å²) >= 11 is 0. The Hall–Kier alpha value is -3.42. The van der Waals surface area contributed by atoms with Crippen molar-refractivity contribution < 1.29 is 23.5 Å². The number of carboxylic acids is 1. The second-order valence-corrected chi connectivity index (χ2v) is 7.09. The Kier molecular flexibility index (Phi) is 4.92. The summed E-state index contributed by atoms with van der Waals surface area (Å²) in [6.45, 7) is 2.80. The Morgan fingerprint density at radius 1 is 1.14 bits per heavy atom. The lowest BCUT2D eigenvalue weighted by Gasteiger charge is -2.32. The first-order valence-electron chi connectivity index (χ1n) is 9.36. The van der Waals surface area contributed by atoms with Gasteiger partial charge in [-0.05, 0) is 56.2 Å². The molecule has 0 unspecified atom stereocenters. The van der Waals surface area contributed by atoms with Crippen molar-refractivity contribution in [3.05, 3.63) is 65.4 Å². The fourth-order valence-corrected chi connectivity index (χ4v) is 3.69. The predicted octanol–water partition coefficient (Wildman–Crippen LogP) is 3.77. The zero-order chi connectivity index (χ0) is 20.5. The van der Waals surface area contributed by atoms with Crippen LogP contribution in [0.3, 0.4) is 0 Å². The summed E-state index contributed by atoms with van der Waals surface area (Å²) in [5, 5.41) is 13.4. The number of piperidine rings is 1. The number of nitrogens with zero attached hydrogens (tertiary/aromatic N) is 3. The highest BCUT2D eigenvalue weighted by atomic mass is 19.1. The molecule has 4 rings (SSSR count). The minimum atomic E-state index is -0.990. The number of likely N-dealkylation sites (tertiary alicyclic amines) is 1. The van der Waals surface area contributed by atoms with Crippen LogP contribution in [-0.2, 0) is 0 Å². The minimum Gasteiger partial charge on any atom is -0.478 e. The van der Waals surface area contributed by atoms with Gasteiger partial charge in [-0.25, -0.2) is 9.18 Å². The second-order valence-electron chi connectivity index (χ2n) is 7.09. The number of aromatic nitrogens is 2. The summed E-state index contributed by atoms with van der Waals surface area (Å²) in [5.41, 5.74) is 1.53. The number of aromatic carboxylic acids is 1. The zero-order valence-corrected chi connectivity index (χ0v) is 15.8. The molecule has 1 saturated heterocycles. The van der Waals surface area contributed by atoms with Crippen LogP contribution >= 0.6 is 0 Å². The van der Waals surface area contributed by atoms with Crippen LogP contribution in [0.25, 0.3) is 11.3 Å². The van der Waals surface area contributed by atoms with Gasteiger partial charge in [0.25, 0.3) is 5.91 Å². The van der Waals surface area contributed by atoms with E-state index in [1.54, 1.807) is 40.8 Å². The molecule has 1 N–H and O–H groups in total. The molecule has 0 atom stereocenters. The molecule has 1 fully saturated rings. The Morgan fingerprint density at radius 2 is 1.83 bits per heavy atom. The van der Waals surface area contributed by atoms with Crippen molar-refractivity contribution in [1.82, 2.24) is 14.7 Å². The molecule has 3 aromatic rings. The molecule has 0 radical (unpaired) electrons. The van der Waals surface area contributed by atoms with Gasteiger partial charge in [0, 0.05) is 18.7 Å². The van der Waals surface area contributed by atoms with Gasteiger partial charge in [-0.15, -0.1) is 0 Å². The SMILES string of the molecule is Cc1c(C(=O)O)cnn1C1CCN(C(=O)c2ccc(-c3ccc(F)cc3)o2)CC1. The lowest BCUT2D eigenvalue weighted by Crippen LogP contribution is -2.39. The number of carboxylic acid groups (broad SMARTS) is 1. The Balaban J connectivity index is 1.42. The largest absolute Gasteiger partial charge is 0.478 e. The van der Waals surface area contributed by atoms with Gasteiger partial charge in [-0.2, -0.15) is 5.10 Å². The van der Waals surface area contributed by atoms with E-state index in [-0.39, 0.29) is 29.1 Å². The average molecular weight is 397 g/mol. The third-order valence-corrected chi connectivity index (χ3v) is 5.32. The maximum atomic E-state index is 13.1. The molecular formula is C21H20FN3O4. The van der Waals surface area contributed by atoms with Crippen LogP contribution in [0.15, 0.2) is 47.0 Å². The van der Waals surface area contributed by atoms with Gasteiger partial charge in [0.05, 0.1) is 17.9 Å². The molecule has 7 nitrogen and oxygen atoms in total. The Bertz CT molecular complexity index is 1050. The smallest absolute Gasteiger partial charge is 0.339 e. The van der Waals surface area contributed by atoms with E-state index >= 15 is 0 Å². The monoisotopic (exact) mass is 397 g/mol. The number of hydrogen-bond donors (Lipinski definition) is 1. The first-order valence-corrected chi connectivity index (χ1v) is 9.36. The molecule has 1 amide bonds. The fourth-order valence-electron chi connectivity index (χ4n) is 3.69. The van der Waals surface area contributed by atoms with Gasteiger partial charge in [0.1, 0.15) is 17.1 Å². The van der Waals surface area contributed by atoms with Gasteiger partial charge < -0.3 is 14.4 Å². The van der Waals surface area contributed by atoms with E-state index in [1.165, 1.54) is 18.3 Å². The average Bonchev–Trinajstić information content (AvgIpc) is 3.35. The van der Waals surface area contributed by atoms with E-state index in [0.29, 0.717) is 42.9 Å². The highest BCUT2D eigenvalue weighted by molar-refractivity contribution is 5.92. The van der Waals surface area contributed by atoms with Crippen molar-refractivity contribution in [3.8, 4) is 11.3 Å². The molecule has 0 saturated carbocycles. The highest BCUT2D eigenvalue weighted by Gasteiger charge is 2.28. The van der Waals surface area contributed by atoms with E-state index in [0.717, 1.165) is 0 Å². The number of halogens is 1. The number of rotatable bonds is 4. The fraction of sp³-hybridized carbons (Fsp3) is 0.286. The lowest BCUT2D eigenvalue weighted by atomic mass is 10.0. The number of amides is 1. The van der Waals surface area contributed by atoms with Crippen LogP contribution in [0, 0.1) is 12.7 Å². The molecule has 1 aliphatic heterocycles. The summed E-state index contributed by atoms with van der Waals surface area (Å²) in [6, 6.07) is 9.28. The topological polar surface area (TPSA) is 88.6 Å². The van der Waals surface area contributed by atoms with Crippen molar-refractivity contribution in [2.45, 2.75) is 25.8 Å². The van der Waals surface area contributed by atoms with E-state index < -0.39 is 5.97 Å². The second kappa shape index (κ2) is 7.54. The summed E-state index contributed by atoms with van der Waals surface area (Å²) in [6.07, 6.45) is 2.73. The number of benzene rings is 1. The van der Waals surface area contributed by atoms with Gasteiger partial charge in [-0.3, -0.25) is 9.48 Å². The summed E-state index contributed by atoms with van der Waals surface area (Å²) in [7, 11) is 0. The summed E-state index contributed by atoms with van der Waals surface area (Å²) < 4.78 is 20.5. The van der Waals surface area contributed by atoms with Crippen LogP contribution in [-0.4, -0.2) is 44.8 Å². The minimum absolute atomic E-state index is 0.0542. The predicted molar refractivity (Wildman–Crippen MR) is 102 cm³/mol. The van der Waals surface area contributed by atoms with E-state index in [9.17, 15) is 19.1 Å². The molecular weight excluding hydrogens is 377 g/mol. The molecule has 3 heterocycles. The van der Waals surface area contributed by atoms with Crippen LogP contribution in [0.4, 0.5) is 4.39 Å². The van der Waals surface area contributed by atoms with Crippen molar-refractivity contribution in [1.29, 1.82) is 0 Å². The maximum Gasteiger partial charge on any atom is 0.339 e. The first-order chi connectivity index (χ1) is 13.9. The van der Waals surface area contributed by atoms with Crippen molar-refractivity contribution in [2.24, 2.45) is 0 Å². The van der Waals surface area contributed by atoms with Crippen LogP contribution in [0.1, 0.15) is 45.5 Å². The number of carbonyl (C=O) groups excluding carboxylic acids is 1. The Labute approximate surface area is 166 Å². The maximum absolute atomic E-state index is 13.1. The molecule has 8 heteroatoms. The quantitative estimate of drug-likeness (QED) is 0.724. The number of furan rings is 1. The summed E-state index contributed by atoms with van der Waals surface area (Å²) in [4.78, 5) is 25.7. The molecule has 0 bridgehead atoms. The van der Waals surface area contributed by atoms with Gasteiger partial charge in [-0.1, -0.05) is 0 Å². The molecule has 29 heavy (non-hydrogen) atoms. The molecule has 1 aliphatic rings. The molecule has 0 aliphatic carbocycles. The van der Waals surface area contributed by atoms with E-state index in [2.05, 4.69) is 5.10 Å². The van der Waals surface area contributed by atoms with Crippen molar-refractivity contribution >= 4 is 11.9 Å². The first kappa shape index (κ1) is 18.9. The third-order valence-electron chi connectivity index (χ3n) is 5.32. The third kappa shape index (κ3) is 3.65. The molecule has 2 aromatic heterocycles. The van der Waals surface area contributed by atoms with Gasteiger partial charge >= 0.3 is 5.97 Å². The summed E-state index contributed by atoms with van der Waals surface area (Å²) in [5.74, 6) is -0.762. The number of carbonyl (C=O) groups is 2. The molecule has 1 aromatic carbocycles. The van der Waals surface area contributed by atoms with Crippen LogP contribution in [0.5, 0.6) is 0 Å². The van der Waals surface area contributed by atoms with Crippen molar-refractivity contribution in [3.63, 3.8) is 0 Å².